The van der Waals surface area contributed by atoms with E-state index in [1.54, 1.807) is 30.3 Å². The molecule has 0 aliphatic rings. The van der Waals surface area contributed by atoms with Gasteiger partial charge in [0.15, 0.2) is 0 Å². The van der Waals surface area contributed by atoms with Gasteiger partial charge < -0.3 is 9.47 Å². The number of carbonyl (C=O) groups excluding carboxylic acids is 1. The van der Waals surface area contributed by atoms with E-state index in [9.17, 15) is 9.59 Å². The molecular weight excluding hydrogens is 228 g/mol. The summed E-state index contributed by atoms with van der Waals surface area (Å²) in [6, 6.07) is 3.35. The zero-order valence-electron chi connectivity index (χ0n) is 11.5. The van der Waals surface area contributed by atoms with Crippen LogP contribution in [-0.4, -0.2) is 28.5 Å². The van der Waals surface area contributed by atoms with Crippen LogP contribution in [0, 0.1) is 0 Å². The molecule has 0 bridgehead atoms. The molecule has 1 rings (SSSR count). The molecule has 0 N–H and O–H groups in total. The summed E-state index contributed by atoms with van der Waals surface area (Å²) in [5, 5.41) is 0. The molecule has 0 saturated carbocycles. The molecule has 4 nitrogen and oxygen atoms in total. The summed E-state index contributed by atoms with van der Waals surface area (Å²) in [4.78, 5) is 26.0. The number of rotatable bonds is 6. The van der Waals surface area contributed by atoms with Crippen molar-refractivity contribution in [1.29, 1.82) is 0 Å². The Kier molecular flexibility index (Phi) is 5.62. The van der Waals surface area contributed by atoms with Crippen LogP contribution in [0.4, 0.5) is 0 Å². The maximum atomic E-state index is 12.3. The second kappa shape index (κ2) is 6.99. The molecule has 0 atom stereocenters. The molecule has 0 fully saturated rings. The summed E-state index contributed by atoms with van der Waals surface area (Å²) >= 11 is 0. The average Bonchev–Trinajstić information content (AvgIpc) is 2.37. The number of amides is 1. The van der Waals surface area contributed by atoms with Crippen LogP contribution < -0.4 is 5.56 Å². The molecule has 1 aromatic heterocycles. The fraction of sp³-hybridized carbons (Fsp3) is 0.571. The lowest BCUT2D eigenvalue weighted by Crippen LogP contribution is -2.37. The Labute approximate surface area is 108 Å². The zero-order valence-corrected chi connectivity index (χ0v) is 11.5. The quantitative estimate of drug-likeness (QED) is 0.775. The van der Waals surface area contributed by atoms with Gasteiger partial charge in [-0.3, -0.25) is 9.59 Å². The largest absolute Gasteiger partial charge is 0.338 e. The van der Waals surface area contributed by atoms with E-state index in [4.69, 9.17) is 0 Å². The summed E-state index contributed by atoms with van der Waals surface area (Å²) < 4.78 is 1.44. The Morgan fingerprint density at radius 2 is 2.00 bits per heavy atom. The molecule has 1 amide bonds. The number of aromatic nitrogens is 1. The van der Waals surface area contributed by atoms with Crippen LogP contribution >= 0.6 is 0 Å². The van der Waals surface area contributed by atoms with E-state index in [-0.39, 0.29) is 17.0 Å². The highest BCUT2D eigenvalue weighted by Crippen LogP contribution is 2.03. The molecule has 18 heavy (non-hydrogen) atoms. The number of carbonyl (C=O) groups is 1. The van der Waals surface area contributed by atoms with Crippen molar-refractivity contribution in [1.82, 2.24) is 9.47 Å². The number of hydrogen-bond acceptors (Lipinski definition) is 2. The van der Waals surface area contributed by atoms with Crippen LogP contribution in [0.25, 0.3) is 0 Å². The minimum absolute atomic E-state index is 0.147. The minimum atomic E-state index is -0.222. The smallest absolute Gasteiger partial charge is 0.263 e. The van der Waals surface area contributed by atoms with Crippen LogP contribution in [0.5, 0.6) is 0 Å². The van der Waals surface area contributed by atoms with E-state index < -0.39 is 0 Å². The van der Waals surface area contributed by atoms with Gasteiger partial charge in [-0.15, -0.1) is 0 Å². The van der Waals surface area contributed by atoms with Crippen molar-refractivity contribution in [3.05, 3.63) is 34.2 Å². The van der Waals surface area contributed by atoms with Gasteiger partial charge in [0, 0.05) is 26.3 Å². The van der Waals surface area contributed by atoms with Gasteiger partial charge in [-0.1, -0.05) is 20.3 Å². The van der Waals surface area contributed by atoms with Crippen LogP contribution in [0.3, 0.4) is 0 Å². The Morgan fingerprint density at radius 3 is 2.61 bits per heavy atom. The Bertz CT molecular complexity index is 451. The molecule has 4 heteroatoms. The molecule has 0 unspecified atom stereocenters. The molecule has 0 saturated heterocycles. The summed E-state index contributed by atoms with van der Waals surface area (Å²) in [6.45, 7) is 5.56. The van der Waals surface area contributed by atoms with Crippen LogP contribution in [0.1, 0.15) is 43.5 Å². The SMILES string of the molecule is CCCCN(CCC)C(=O)c1cccn(C)c1=O. The summed E-state index contributed by atoms with van der Waals surface area (Å²) in [6.07, 6.45) is 4.58. The van der Waals surface area contributed by atoms with E-state index in [2.05, 4.69) is 6.92 Å². The average molecular weight is 250 g/mol. The normalized spacial score (nSPS) is 10.4. The van der Waals surface area contributed by atoms with Gasteiger partial charge >= 0.3 is 0 Å². The van der Waals surface area contributed by atoms with E-state index in [1.165, 1.54) is 4.57 Å². The Morgan fingerprint density at radius 1 is 1.28 bits per heavy atom. The molecule has 0 spiro atoms. The molecule has 0 radical (unpaired) electrons. The van der Waals surface area contributed by atoms with Gasteiger partial charge in [-0.05, 0) is 25.0 Å². The van der Waals surface area contributed by atoms with Crippen molar-refractivity contribution in [2.45, 2.75) is 33.1 Å². The lowest BCUT2D eigenvalue weighted by atomic mass is 10.2. The van der Waals surface area contributed by atoms with Gasteiger partial charge in [0.1, 0.15) is 5.56 Å². The standard InChI is InChI=1S/C14H22N2O2/c1-4-6-11-16(9-5-2)14(18)12-8-7-10-15(3)13(12)17/h7-8,10H,4-6,9,11H2,1-3H3. The Balaban J connectivity index is 2.94. The lowest BCUT2D eigenvalue weighted by Gasteiger charge is -2.21. The van der Waals surface area contributed by atoms with Crippen molar-refractivity contribution in [2.24, 2.45) is 7.05 Å². The fourth-order valence-corrected chi connectivity index (χ4v) is 1.86. The van der Waals surface area contributed by atoms with Crippen LogP contribution in [0.2, 0.25) is 0 Å². The third-order valence-corrected chi connectivity index (χ3v) is 2.92. The van der Waals surface area contributed by atoms with Gasteiger partial charge in [0.05, 0.1) is 0 Å². The molecule has 1 heterocycles. The molecule has 0 aliphatic heterocycles. The van der Waals surface area contributed by atoms with Crippen molar-refractivity contribution in [3.8, 4) is 0 Å². The second-order valence-electron chi connectivity index (χ2n) is 4.48. The van der Waals surface area contributed by atoms with E-state index >= 15 is 0 Å². The minimum Gasteiger partial charge on any atom is -0.338 e. The van der Waals surface area contributed by atoms with Gasteiger partial charge in [0.2, 0.25) is 0 Å². The number of pyridine rings is 1. The Hall–Kier alpha value is -1.58. The number of aryl methyl sites for hydroxylation is 1. The van der Waals surface area contributed by atoms with Crippen molar-refractivity contribution >= 4 is 5.91 Å². The van der Waals surface area contributed by atoms with Gasteiger partial charge in [0.25, 0.3) is 11.5 Å². The van der Waals surface area contributed by atoms with Crippen molar-refractivity contribution in [2.75, 3.05) is 13.1 Å². The number of unbranched alkanes of at least 4 members (excludes halogenated alkanes) is 1. The summed E-state index contributed by atoms with van der Waals surface area (Å²) in [7, 11) is 1.66. The first kappa shape index (κ1) is 14.5. The molecule has 1 aromatic rings. The molecular formula is C14H22N2O2. The molecule has 100 valence electrons. The molecule has 0 aliphatic carbocycles. The zero-order chi connectivity index (χ0) is 13.5. The van der Waals surface area contributed by atoms with E-state index in [1.807, 2.05) is 6.92 Å². The maximum absolute atomic E-state index is 12.3. The summed E-state index contributed by atoms with van der Waals surface area (Å²) in [5.74, 6) is -0.147. The number of nitrogens with zero attached hydrogens (tertiary/aromatic N) is 2. The van der Waals surface area contributed by atoms with Crippen LogP contribution in [-0.2, 0) is 7.05 Å². The van der Waals surface area contributed by atoms with Crippen molar-refractivity contribution in [3.63, 3.8) is 0 Å². The third kappa shape index (κ3) is 3.45. The monoisotopic (exact) mass is 250 g/mol. The first-order valence-electron chi connectivity index (χ1n) is 6.56. The third-order valence-electron chi connectivity index (χ3n) is 2.92. The second-order valence-corrected chi connectivity index (χ2v) is 4.48. The first-order chi connectivity index (χ1) is 8.61. The number of hydrogen-bond donors (Lipinski definition) is 0. The maximum Gasteiger partial charge on any atom is 0.263 e. The first-order valence-corrected chi connectivity index (χ1v) is 6.56. The topological polar surface area (TPSA) is 42.3 Å². The fourth-order valence-electron chi connectivity index (χ4n) is 1.86. The van der Waals surface area contributed by atoms with E-state index in [0.29, 0.717) is 6.54 Å². The van der Waals surface area contributed by atoms with E-state index in [0.717, 1.165) is 25.8 Å². The predicted molar refractivity (Wildman–Crippen MR) is 72.8 cm³/mol. The van der Waals surface area contributed by atoms with Crippen LogP contribution in [0.15, 0.2) is 23.1 Å². The summed E-state index contributed by atoms with van der Waals surface area (Å²) in [5.41, 5.74) is 0.0460. The van der Waals surface area contributed by atoms with Gasteiger partial charge in [-0.25, -0.2) is 0 Å². The highest BCUT2D eigenvalue weighted by molar-refractivity contribution is 5.93. The van der Waals surface area contributed by atoms with Gasteiger partial charge in [-0.2, -0.15) is 0 Å². The lowest BCUT2D eigenvalue weighted by molar-refractivity contribution is 0.0751. The predicted octanol–water partition coefficient (Wildman–Crippen LogP) is 2.04. The highest BCUT2D eigenvalue weighted by Gasteiger charge is 2.17. The highest BCUT2D eigenvalue weighted by atomic mass is 16.2. The molecule has 0 aromatic carbocycles. The van der Waals surface area contributed by atoms with Crippen molar-refractivity contribution < 1.29 is 4.79 Å².